The molecule has 6 nitrogen and oxygen atoms in total. The molecular formula is C14H6F4IO6S-. The number of hydrogen-bond donors (Lipinski definition) is 0. The molecule has 0 aromatic heterocycles. The molecule has 0 aliphatic carbocycles. The van der Waals surface area contributed by atoms with Crippen molar-refractivity contribution < 1.29 is 44.8 Å². The Balaban J connectivity index is 2.24. The maximum atomic E-state index is 13.7. The van der Waals surface area contributed by atoms with Gasteiger partial charge in [-0.1, -0.05) is 0 Å². The van der Waals surface area contributed by atoms with Gasteiger partial charge in [-0.2, -0.15) is 8.78 Å². The first-order valence-corrected chi connectivity index (χ1v) is 8.92. The number of rotatable bonds is 5. The third kappa shape index (κ3) is 4.42. The van der Waals surface area contributed by atoms with Gasteiger partial charge in [0, 0.05) is 3.57 Å². The fourth-order valence-corrected chi connectivity index (χ4v) is 2.69. The van der Waals surface area contributed by atoms with Crippen LogP contribution in [0.15, 0.2) is 29.2 Å². The van der Waals surface area contributed by atoms with Crippen molar-refractivity contribution >= 4 is 38.7 Å². The van der Waals surface area contributed by atoms with E-state index < -0.39 is 56.6 Å². The van der Waals surface area contributed by atoms with E-state index in [2.05, 4.69) is 4.74 Å². The second-order valence-electron chi connectivity index (χ2n) is 4.58. The van der Waals surface area contributed by atoms with Crippen molar-refractivity contribution in [2.45, 2.75) is 4.90 Å². The van der Waals surface area contributed by atoms with Gasteiger partial charge in [0.25, 0.3) is 0 Å². The maximum absolute atomic E-state index is 13.7. The highest BCUT2D eigenvalue weighted by atomic mass is 127. The molecule has 0 aliphatic heterocycles. The Bertz CT molecular complexity index is 933. The first kappa shape index (κ1) is 20.4. The lowest BCUT2D eigenvalue weighted by atomic mass is 10.3. The van der Waals surface area contributed by atoms with Crippen LogP contribution in [0, 0.1) is 26.8 Å². The van der Waals surface area contributed by atoms with Crippen LogP contribution in [0.25, 0.3) is 0 Å². The maximum Gasteiger partial charge on any atom is 0.349 e. The predicted octanol–water partition coefficient (Wildman–Crippen LogP) is 2.74. The molecule has 2 aromatic carbocycles. The Kier molecular flexibility index (Phi) is 6.08. The van der Waals surface area contributed by atoms with Gasteiger partial charge >= 0.3 is 5.97 Å². The largest absolute Gasteiger partial charge is 0.744 e. The fourth-order valence-electron chi connectivity index (χ4n) is 1.72. The standard InChI is InChI=1S/C14H7F4IO6S/c15-9-11(17)14(26(21,22)23)12(18)10(16)13(9)25-8(20)5-24-7-3-1-6(19)2-4-7/h1-4H,5H2,(H,21,22,23)/p-1. The van der Waals surface area contributed by atoms with Crippen molar-refractivity contribution in [3.05, 3.63) is 51.1 Å². The molecule has 0 N–H and O–H groups in total. The highest BCUT2D eigenvalue weighted by molar-refractivity contribution is 14.1. The number of carbonyl (C=O) groups is 1. The Morgan fingerprint density at radius 2 is 1.50 bits per heavy atom. The average molecular weight is 505 g/mol. The smallest absolute Gasteiger partial charge is 0.349 e. The molecule has 2 aromatic rings. The van der Waals surface area contributed by atoms with E-state index in [4.69, 9.17) is 4.74 Å². The lowest BCUT2D eigenvalue weighted by molar-refractivity contribution is -0.137. The molecule has 2 rings (SSSR count). The third-order valence-corrected chi connectivity index (χ3v) is 4.40. The van der Waals surface area contributed by atoms with Gasteiger partial charge in [0.15, 0.2) is 18.2 Å². The van der Waals surface area contributed by atoms with Gasteiger partial charge in [0.05, 0.1) is 0 Å². The zero-order chi connectivity index (χ0) is 19.6. The summed E-state index contributed by atoms with van der Waals surface area (Å²) in [6.07, 6.45) is 0. The second kappa shape index (κ2) is 7.75. The van der Waals surface area contributed by atoms with Crippen LogP contribution >= 0.6 is 22.6 Å². The molecule has 0 fully saturated rings. The number of benzene rings is 2. The van der Waals surface area contributed by atoms with Crippen LogP contribution in [-0.2, 0) is 14.9 Å². The van der Waals surface area contributed by atoms with Crippen molar-refractivity contribution in [2.75, 3.05) is 6.61 Å². The van der Waals surface area contributed by atoms with E-state index in [1.807, 2.05) is 22.6 Å². The zero-order valence-corrected chi connectivity index (χ0v) is 15.2. The van der Waals surface area contributed by atoms with Crippen LogP contribution in [0.2, 0.25) is 0 Å². The van der Waals surface area contributed by atoms with Crippen LogP contribution in [-0.4, -0.2) is 25.5 Å². The number of halogens is 5. The van der Waals surface area contributed by atoms with Gasteiger partial charge in [-0.3, -0.25) is 0 Å². The van der Waals surface area contributed by atoms with Gasteiger partial charge in [-0.05, 0) is 46.9 Å². The Labute approximate surface area is 157 Å². The molecule has 0 saturated carbocycles. The minimum absolute atomic E-state index is 0.202. The quantitative estimate of drug-likeness (QED) is 0.155. The Morgan fingerprint density at radius 1 is 1.00 bits per heavy atom. The minimum atomic E-state index is -5.85. The van der Waals surface area contributed by atoms with Gasteiger partial charge in [-0.15, -0.1) is 0 Å². The number of ether oxygens (including phenoxy) is 2. The lowest BCUT2D eigenvalue weighted by Crippen LogP contribution is -2.20. The molecular weight excluding hydrogens is 499 g/mol. The van der Waals surface area contributed by atoms with Crippen molar-refractivity contribution in [2.24, 2.45) is 0 Å². The molecule has 0 heterocycles. The fraction of sp³-hybridized carbons (Fsp3) is 0.0714. The topological polar surface area (TPSA) is 92.7 Å². The SMILES string of the molecule is O=C(COc1ccc(I)cc1)Oc1c(F)c(F)c(S(=O)(=O)[O-])c(F)c1F. The molecule has 0 radical (unpaired) electrons. The molecule has 26 heavy (non-hydrogen) atoms. The molecule has 0 atom stereocenters. The zero-order valence-electron chi connectivity index (χ0n) is 12.3. The van der Waals surface area contributed by atoms with E-state index in [0.717, 1.165) is 3.57 Å². The second-order valence-corrected chi connectivity index (χ2v) is 7.15. The van der Waals surface area contributed by atoms with Gasteiger partial charge < -0.3 is 14.0 Å². The summed E-state index contributed by atoms with van der Waals surface area (Å²) in [4.78, 5) is 9.21. The van der Waals surface area contributed by atoms with Crippen LogP contribution in [0.5, 0.6) is 11.5 Å². The predicted molar refractivity (Wildman–Crippen MR) is 84.5 cm³/mol. The van der Waals surface area contributed by atoms with Crippen LogP contribution in [0.4, 0.5) is 17.6 Å². The molecule has 0 amide bonds. The molecule has 0 unspecified atom stereocenters. The van der Waals surface area contributed by atoms with E-state index in [1.165, 1.54) is 12.1 Å². The molecule has 0 bridgehead atoms. The summed E-state index contributed by atoms with van der Waals surface area (Å²) in [6, 6.07) is 6.22. The summed E-state index contributed by atoms with van der Waals surface area (Å²) in [5.41, 5.74) is 0. The Hall–Kier alpha value is -1.93. The molecule has 0 aliphatic rings. The van der Waals surface area contributed by atoms with Crippen molar-refractivity contribution in [1.82, 2.24) is 0 Å². The molecule has 12 heteroatoms. The highest BCUT2D eigenvalue weighted by Crippen LogP contribution is 2.32. The van der Waals surface area contributed by atoms with Gasteiger partial charge in [0.1, 0.15) is 20.8 Å². The molecule has 0 saturated heterocycles. The minimum Gasteiger partial charge on any atom is -0.744 e. The Morgan fingerprint density at radius 3 is 1.96 bits per heavy atom. The lowest BCUT2D eigenvalue weighted by Gasteiger charge is -2.14. The normalized spacial score (nSPS) is 11.3. The van der Waals surface area contributed by atoms with E-state index >= 15 is 0 Å². The van der Waals surface area contributed by atoms with Crippen molar-refractivity contribution in [3.8, 4) is 11.5 Å². The summed E-state index contributed by atoms with van der Waals surface area (Å²) in [5, 5.41) is 0. The van der Waals surface area contributed by atoms with E-state index in [-0.39, 0.29) is 5.75 Å². The summed E-state index contributed by atoms with van der Waals surface area (Å²) in [5.74, 6) is -12.8. The number of carbonyl (C=O) groups excluding carboxylic acids is 1. The molecule has 140 valence electrons. The number of hydrogen-bond acceptors (Lipinski definition) is 6. The van der Waals surface area contributed by atoms with E-state index in [0.29, 0.717) is 0 Å². The average Bonchev–Trinajstić information content (AvgIpc) is 2.55. The van der Waals surface area contributed by atoms with Crippen LogP contribution in [0.1, 0.15) is 0 Å². The number of esters is 1. The first-order chi connectivity index (χ1) is 12.0. The van der Waals surface area contributed by atoms with E-state index in [9.17, 15) is 35.3 Å². The van der Waals surface area contributed by atoms with Crippen LogP contribution in [0.3, 0.4) is 0 Å². The van der Waals surface area contributed by atoms with E-state index in [1.54, 1.807) is 12.1 Å². The summed E-state index contributed by atoms with van der Waals surface area (Å²) >= 11 is 2.01. The van der Waals surface area contributed by atoms with Gasteiger partial charge in [-0.25, -0.2) is 22.0 Å². The monoisotopic (exact) mass is 505 g/mol. The highest BCUT2D eigenvalue weighted by Gasteiger charge is 2.31. The molecule has 0 spiro atoms. The van der Waals surface area contributed by atoms with Gasteiger partial charge in [0.2, 0.25) is 17.4 Å². The third-order valence-electron chi connectivity index (χ3n) is 2.82. The van der Waals surface area contributed by atoms with Crippen LogP contribution < -0.4 is 9.47 Å². The first-order valence-electron chi connectivity index (χ1n) is 6.43. The van der Waals surface area contributed by atoms with Crippen molar-refractivity contribution in [1.29, 1.82) is 0 Å². The van der Waals surface area contributed by atoms with Crippen molar-refractivity contribution in [3.63, 3.8) is 0 Å². The summed E-state index contributed by atoms with van der Waals surface area (Å²) in [7, 11) is -5.85. The summed E-state index contributed by atoms with van der Waals surface area (Å²) < 4.78 is 96.6. The summed E-state index contributed by atoms with van der Waals surface area (Å²) in [6.45, 7) is -0.871.